The van der Waals surface area contributed by atoms with Crippen LogP contribution in [0.2, 0.25) is 0 Å². The Bertz CT molecular complexity index is 838. The molecule has 152 valence electrons. The summed E-state index contributed by atoms with van der Waals surface area (Å²) in [5, 5.41) is 0. The number of nitrogen functional groups attached to an aromatic ring is 1. The quantitative estimate of drug-likeness (QED) is 0.614. The second kappa shape index (κ2) is 10.0. The highest BCUT2D eigenvalue weighted by Crippen LogP contribution is 2.37. The SMILES string of the molecule is CC.Nc1ccc(N2CCC(C(c3ccccn3)c3ccccn3)CC2)c(F)c1. The summed E-state index contributed by atoms with van der Waals surface area (Å²) in [6.45, 7) is 5.61. The molecule has 0 saturated carbocycles. The van der Waals surface area contributed by atoms with E-state index in [1.165, 1.54) is 6.07 Å². The van der Waals surface area contributed by atoms with E-state index in [-0.39, 0.29) is 11.7 Å². The van der Waals surface area contributed by atoms with Gasteiger partial charge < -0.3 is 10.6 Å². The van der Waals surface area contributed by atoms with E-state index in [1.54, 1.807) is 12.1 Å². The summed E-state index contributed by atoms with van der Waals surface area (Å²) in [7, 11) is 0. The number of halogens is 1. The van der Waals surface area contributed by atoms with Crippen molar-refractivity contribution in [2.24, 2.45) is 5.92 Å². The van der Waals surface area contributed by atoms with Crippen molar-refractivity contribution in [3.05, 3.63) is 84.2 Å². The van der Waals surface area contributed by atoms with Crippen molar-refractivity contribution in [1.82, 2.24) is 9.97 Å². The van der Waals surface area contributed by atoms with Gasteiger partial charge in [-0.25, -0.2) is 4.39 Å². The molecule has 3 aromatic rings. The van der Waals surface area contributed by atoms with E-state index >= 15 is 0 Å². The number of benzene rings is 1. The molecule has 5 heteroatoms. The van der Waals surface area contributed by atoms with Gasteiger partial charge in [-0.3, -0.25) is 9.97 Å². The van der Waals surface area contributed by atoms with Crippen molar-refractivity contribution in [1.29, 1.82) is 0 Å². The summed E-state index contributed by atoms with van der Waals surface area (Å²) in [6, 6.07) is 17.0. The van der Waals surface area contributed by atoms with Crippen LogP contribution in [0.3, 0.4) is 0 Å². The lowest BCUT2D eigenvalue weighted by Crippen LogP contribution is -2.36. The van der Waals surface area contributed by atoms with E-state index in [4.69, 9.17) is 5.73 Å². The minimum Gasteiger partial charge on any atom is -0.399 e. The molecule has 0 aliphatic carbocycles. The van der Waals surface area contributed by atoms with Crippen LogP contribution in [0, 0.1) is 11.7 Å². The summed E-state index contributed by atoms with van der Waals surface area (Å²) in [4.78, 5) is 11.3. The number of nitrogens with two attached hydrogens (primary N) is 1. The van der Waals surface area contributed by atoms with Crippen LogP contribution in [0.25, 0.3) is 0 Å². The number of piperidine rings is 1. The smallest absolute Gasteiger partial charge is 0.148 e. The van der Waals surface area contributed by atoms with Crippen molar-refractivity contribution >= 4 is 11.4 Å². The van der Waals surface area contributed by atoms with Crippen molar-refractivity contribution in [2.45, 2.75) is 32.6 Å². The Hall–Kier alpha value is -2.95. The average molecular weight is 393 g/mol. The second-order valence-corrected chi connectivity index (χ2v) is 7.02. The number of aromatic nitrogens is 2. The third kappa shape index (κ3) is 4.91. The molecule has 0 bridgehead atoms. The van der Waals surface area contributed by atoms with Crippen molar-refractivity contribution in [3.63, 3.8) is 0 Å². The zero-order valence-electron chi connectivity index (χ0n) is 17.1. The molecule has 0 atom stereocenters. The minimum atomic E-state index is -0.251. The molecule has 3 heterocycles. The fourth-order valence-electron chi connectivity index (χ4n) is 4.01. The Kier molecular flexibility index (Phi) is 7.17. The molecule has 1 aliphatic heterocycles. The zero-order valence-corrected chi connectivity index (χ0v) is 17.1. The molecule has 0 spiro atoms. The van der Waals surface area contributed by atoms with Crippen LogP contribution in [0.1, 0.15) is 44.0 Å². The summed E-state index contributed by atoms with van der Waals surface area (Å²) in [5.74, 6) is 0.327. The molecular weight excluding hydrogens is 363 g/mol. The maximum atomic E-state index is 14.3. The first-order chi connectivity index (χ1) is 14.2. The van der Waals surface area contributed by atoms with Crippen LogP contribution in [-0.4, -0.2) is 23.1 Å². The highest BCUT2D eigenvalue weighted by Gasteiger charge is 2.31. The Morgan fingerprint density at radius 2 is 1.52 bits per heavy atom. The van der Waals surface area contributed by atoms with Gasteiger partial charge in [0.1, 0.15) is 5.82 Å². The molecule has 4 nitrogen and oxygen atoms in total. The van der Waals surface area contributed by atoms with Gasteiger partial charge >= 0.3 is 0 Å². The molecule has 1 aliphatic rings. The van der Waals surface area contributed by atoms with E-state index in [0.717, 1.165) is 37.3 Å². The van der Waals surface area contributed by atoms with E-state index in [1.807, 2.05) is 50.5 Å². The van der Waals surface area contributed by atoms with E-state index in [9.17, 15) is 4.39 Å². The monoisotopic (exact) mass is 392 g/mol. The minimum absolute atomic E-state index is 0.158. The molecule has 2 aromatic heterocycles. The van der Waals surface area contributed by atoms with Crippen molar-refractivity contribution in [2.75, 3.05) is 23.7 Å². The number of hydrogen-bond acceptors (Lipinski definition) is 4. The average Bonchev–Trinajstić information content (AvgIpc) is 2.78. The molecule has 0 unspecified atom stereocenters. The molecule has 1 aromatic carbocycles. The number of anilines is 2. The fraction of sp³-hybridized carbons (Fsp3) is 0.333. The van der Waals surface area contributed by atoms with Gasteiger partial charge in [-0.2, -0.15) is 0 Å². The summed E-state index contributed by atoms with van der Waals surface area (Å²) < 4.78 is 14.3. The lowest BCUT2D eigenvalue weighted by Gasteiger charge is -2.37. The number of nitrogens with zero attached hydrogens (tertiary/aromatic N) is 3. The maximum absolute atomic E-state index is 14.3. The lowest BCUT2D eigenvalue weighted by atomic mass is 9.79. The first-order valence-corrected chi connectivity index (χ1v) is 10.3. The Morgan fingerprint density at radius 1 is 0.931 bits per heavy atom. The first-order valence-electron chi connectivity index (χ1n) is 10.3. The predicted molar refractivity (Wildman–Crippen MR) is 117 cm³/mol. The summed E-state index contributed by atoms with van der Waals surface area (Å²) >= 11 is 0. The molecule has 4 rings (SSSR count). The lowest BCUT2D eigenvalue weighted by molar-refractivity contribution is 0.359. The summed E-state index contributed by atoms with van der Waals surface area (Å²) in [5.41, 5.74) is 8.86. The molecular formula is C24H29FN4. The number of hydrogen-bond donors (Lipinski definition) is 1. The molecule has 0 radical (unpaired) electrons. The third-order valence-corrected chi connectivity index (χ3v) is 5.34. The van der Waals surface area contributed by atoms with E-state index < -0.39 is 0 Å². The van der Waals surface area contributed by atoms with E-state index in [0.29, 0.717) is 17.3 Å². The third-order valence-electron chi connectivity index (χ3n) is 5.34. The maximum Gasteiger partial charge on any atom is 0.148 e. The molecule has 1 fully saturated rings. The highest BCUT2D eigenvalue weighted by atomic mass is 19.1. The Morgan fingerprint density at radius 3 is 2.00 bits per heavy atom. The van der Waals surface area contributed by atoms with Crippen LogP contribution in [0.5, 0.6) is 0 Å². The molecule has 29 heavy (non-hydrogen) atoms. The zero-order chi connectivity index (χ0) is 20.6. The van der Waals surface area contributed by atoms with Crippen LogP contribution in [-0.2, 0) is 0 Å². The van der Waals surface area contributed by atoms with Gasteiger partial charge in [-0.1, -0.05) is 26.0 Å². The predicted octanol–water partition coefficient (Wildman–Crippen LogP) is 5.27. The van der Waals surface area contributed by atoms with Crippen molar-refractivity contribution < 1.29 is 4.39 Å². The number of rotatable bonds is 4. The van der Waals surface area contributed by atoms with Gasteiger partial charge in [0.05, 0.1) is 5.69 Å². The Labute approximate surface area is 172 Å². The fourth-order valence-corrected chi connectivity index (χ4v) is 4.01. The first kappa shape index (κ1) is 20.8. The van der Waals surface area contributed by atoms with Crippen LogP contribution in [0.4, 0.5) is 15.8 Å². The van der Waals surface area contributed by atoms with Gasteiger partial charge in [0.15, 0.2) is 0 Å². The van der Waals surface area contributed by atoms with Crippen LogP contribution in [0.15, 0.2) is 67.0 Å². The number of pyridine rings is 2. The van der Waals surface area contributed by atoms with Gasteiger partial charge in [0, 0.05) is 48.5 Å². The Balaban J connectivity index is 0.00000117. The molecule has 0 amide bonds. The van der Waals surface area contributed by atoms with Gasteiger partial charge in [0.25, 0.3) is 0 Å². The van der Waals surface area contributed by atoms with Gasteiger partial charge in [-0.15, -0.1) is 0 Å². The summed E-state index contributed by atoms with van der Waals surface area (Å²) in [6.07, 6.45) is 5.59. The van der Waals surface area contributed by atoms with Gasteiger partial charge in [0.2, 0.25) is 0 Å². The van der Waals surface area contributed by atoms with Gasteiger partial charge in [-0.05, 0) is 61.2 Å². The van der Waals surface area contributed by atoms with Crippen LogP contribution >= 0.6 is 0 Å². The largest absolute Gasteiger partial charge is 0.399 e. The topological polar surface area (TPSA) is 55.0 Å². The molecule has 2 N–H and O–H groups in total. The van der Waals surface area contributed by atoms with Crippen LogP contribution < -0.4 is 10.6 Å². The highest BCUT2D eigenvalue weighted by molar-refractivity contribution is 5.54. The second-order valence-electron chi connectivity index (χ2n) is 7.02. The van der Waals surface area contributed by atoms with E-state index in [2.05, 4.69) is 27.0 Å². The normalized spacial score (nSPS) is 14.4. The standard InChI is InChI=1S/C22H23FN4.C2H6/c23-18-15-17(24)7-8-21(18)27-13-9-16(10-14-27)22(19-5-1-3-11-25-19)20-6-2-4-12-26-20;1-2/h1-8,11-12,15-16,22H,9-10,13-14,24H2;1-2H3. The molecule has 1 saturated heterocycles. The van der Waals surface area contributed by atoms with Crippen molar-refractivity contribution in [3.8, 4) is 0 Å².